The number of carbonyl (C=O) groups is 2. The Morgan fingerprint density at radius 2 is 1.96 bits per heavy atom. The van der Waals surface area contributed by atoms with Crippen LogP contribution in [0.2, 0.25) is 0 Å². The van der Waals surface area contributed by atoms with Crippen LogP contribution < -0.4 is 5.32 Å². The first-order valence-electron chi connectivity index (χ1n) is 10.4. The largest absolute Gasteiger partial charge is 0.461 e. The second kappa shape index (κ2) is 11.6. The quantitative estimate of drug-likeness (QED) is 0.655. The van der Waals surface area contributed by atoms with Crippen molar-refractivity contribution < 1.29 is 28.5 Å². The standard InChI is InChI=1S/C21H39NO6/c1-8-11-26-18-13-25-12-17(22-20(24)28-21(5,6)7)19(23)27-15(4)16(18)10-9-14(2)3/h14-18H,8-13H2,1-7H3,(H,22,24)/t15-,16-,17?,18-/m0/s1. The van der Waals surface area contributed by atoms with Gasteiger partial charge in [-0.05, 0) is 46.5 Å². The molecular weight excluding hydrogens is 362 g/mol. The minimum Gasteiger partial charge on any atom is -0.461 e. The van der Waals surface area contributed by atoms with Gasteiger partial charge >= 0.3 is 12.1 Å². The Balaban J connectivity index is 2.86. The van der Waals surface area contributed by atoms with E-state index in [1.54, 1.807) is 20.8 Å². The highest BCUT2D eigenvalue weighted by molar-refractivity contribution is 5.81. The number of alkyl carbamates (subject to hydrolysis) is 1. The zero-order valence-electron chi connectivity index (χ0n) is 18.6. The molecule has 1 N–H and O–H groups in total. The van der Waals surface area contributed by atoms with E-state index in [-0.39, 0.29) is 24.7 Å². The van der Waals surface area contributed by atoms with E-state index in [0.717, 1.165) is 19.3 Å². The molecule has 1 saturated heterocycles. The molecule has 1 rings (SSSR count). The Morgan fingerprint density at radius 3 is 2.54 bits per heavy atom. The van der Waals surface area contributed by atoms with E-state index in [1.807, 2.05) is 6.92 Å². The van der Waals surface area contributed by atoms with Crippen molar-refractivity contribution in [3.05, 3.63) is 0 Å². The van der Waals surface area contributed by atoms with E-state index in [9.17, 15) is 9.59 Å². The fraction of sp³-hybridized carbons (Fsp3) is 0.905. The fourth-order valence-corrected chi connectivity index (χ4v) is 3.09. The van der Waals surface area contributed by atoms with Crippen LogP contribution in [0, 0.1) is 11.8 Å². The van der Waals surface area contributed by atoms with E-state index >= 15 is 0 Å². The molecule has 0 aromatic carbocycles. The van der Waals surface area contributed by atoms with Gasteiger partial charge in [-0.2, -0.15) is 0 Å². The Morgan fingerprint density at radius 1 is 1.29 bits per heavy atom. The highest BCUT2D eigenvalue weighted by Crippen LogP contribution is 2.26. The van der Waals surface area contributed by atoms with E-state index in [2.05, 4.69) is 26.1 Å². The number of nitrogens with one attached hydrogen (secondary N) is 1. The van der Waals surface area contributed by atoms with Crippen molar-refractivity contribution in [3.63, 3.8) is 0 Å². The molecule has 1 aliphatic heterocycles. The Labute approximate surface area is 169 Å². The second-order valence-corrected chi connectivity index (χ2v) is 8.92. The first kappa shape index (κ1) is 24.7. The van der Waals surface area contributed by atoms with Crippen LogP contribution in [0.15, 0.2) is 0 Å². The van der Waals surface area contributed by atoms with E-state index in [1.165, 1.54) is 0 Å². The molecular formula is C21H39NO6. The third-order valence-corrected chi connectivity index (χ3v) is 4.54. The molecule has 0 aromatic rings. The number of hydrogen-bond acceptors (Lipinski definition) is 6. The maximum Gasteiger partial charge on any atom is 0.408 e. The van der Waals surface area contributed by atoms with Crippen LogP contribution in [-0.4, -0.2) is 55.7 Å². The molecule has 0 saturated carbocycles. The topological polar surface area (TPSA) is 83.1 Å². The van der Waals surface area contributed by atoms with Crippen LogP contribution in [0.25, 0.3) is 0 Å². The summed E-state index contributed by atoms with van der Waals surface area (Å²) >= 11 is 0. The van der Waals surface area contributed by atoms with Gasteiger partial charge in [0.2, 0.25) is 0 Å². The molecule has 0 radical (unpaired) electrons. The van der Waals surface area contributed by atoms with Gasteiger partial charge in [-0.1, -0.05) is 27.2 Å². The molecule has 1 aliphatic rings. The average molecular weight is 402 g/mol. The van der Waals surface area contributed by atoms with Gasteiger partial charge < -0.3 is 24.3 Å². The summed E-state index contributed by atoms with van der Waals surface area (Å²) in [7, 11) is 0. The van der Waals surface area contributed by atoms with Gasteiger partial charge in [0.05, 0.1) is 19.3 Å². The third kappa shape index (κ3) is 9.24. The van der Waals surface area contributed by atoms with E-state index in [4.69, 9.17) is 18.9 Å². The van der Waals surface area contributed by atoms with Gasteiger partial charge in [0.15, 0.2) is 6.04 Å². The molecule has 7 nitrogen and oxygen atoms in total. The molecule has 1 unspecified atom stereocenters. The molecule has 4 atom stereocenters. The lowest BCUT2D eigenvalue weighted by Gasteiger charge is -2.31. The van der Waals surface area contributed by atoms with Gasteiger partial charge in [0.25, 0.3) is 0 Å². The SMILES string of the molecule is CCCO[C@H]1COCC(NC(=O)OC(C)(C)C)C(=O)O[C@@H](C)[C@@H]1CCC(C)C. The van der Waals surface area contributed by atoms with Crippen molar-refractivity contribution in [2.75, 3.05) is 19.8 Å². The number of amides is 1. The van der Waals surface area contributed by atoms with E-state index < -0.39 is 23.7 Å². The molecule has 0 aliphatic carbocycles. The smallest absolute Gasteiger partial charge is 0.408 e. The number of esters is 1. The van der Waals surface area contributed by atoms with Crippen LogP contribution in [-0.2, 0) is 23.7 Å². The van der Waals surface area contributed by atoms with Crippen LogP contribution >= 0.6 is 0 Å². The minimum atomic E-state index is -0.909. The van der Waals surface area contributed by atoms with Crippen molar-refractivity contribution >= 4 is 12.1 Å². The minimum absolute atomic E-state index is 0.0215. The normalized spacial score (nSPS) is 26.8. The Kier molecular flexibility index (Phi) is 10.2. The van der Waals surface area contributed by atoms with Gasteiger partial charge in [-0.15, -0.1) is 0 Å². The number of carbonyl (C=O) groups excluding carboxylic acids is 2. The third-order valence-electron chi connectivity index (χ3n) is 4.54. The lowest BCUT2D eigenvalue weighted by Crippen LogP contribution is -2.47. The van der Waals surface area contributed by atoms with Crippen molar-refractivity contribution in [1.29, 1.82) is 0 Å². The van der Waals surface area contributed by atoms with Gasteiger partial charge in [0.1, 0.15) is 11.7 Å². The average Bonchev–Trinajstić information content (AvgIpc) is 2.60. The van der Waals surface area contributed by atoms with Crippen LogP contribution in [0.3, 0.4) is 0 Å². The molecule has 0 aromatic heterocycles. The lowest BCUT2D eigenvalue weighted by atomic mass is 9.89. The van der Waals surface area contributed by atoms with Crippen molar-refractivity contribution in [2.45, 2.75) is 91.6 Å². The molecule has 1 heterocycles. The number of hydrogen-bond donors (Lipinski definition) is 1. The summed E-state index contributed by atoms with van der Waals surface area (Å²) in [6, 6.07) is -0.909. The van der Waals surface area contributed by atoms with Crippen LogP contribution in [0.4, 0.5) is 4.79 Å². The summed E-state index contributed by atoms with van der Waals surface area (Å²) in [6.07, 6.45) is 1.65. The highest BCUT2D eigenvalue weighted by atomic mass is 16.6. The van der Waals surface area contributed by atoms with Gasteiger partial charge in [-0.3, -0.25) is 0 Å². The number of cyclic esters (lactones) is 1. The van der Waals surface area contributed by atoms with Gasteiger partial charge in [0, 0.05) is 12.5 Å². The fourth-order valence-electron chi connectivity index (χ4n) is 3.09. The predicted octanol–water partition coefficient (Wildman–Crippen LogP) is 3.69. The first-order valence-corrected chi connectivity index (χ1v) is 10.4. The number of ether oxygens (including phenoxy) is 4. The zero-order chi connectivity index (χ0) is 21.3. The molecule has 1 fully saturated rings. The molecule has 1 amide bonds. The highest BCUT2D eigenvalue weighted by Gasteiger charge is 2.35. The maximum atomic E-state index is 12.6. The Bertz CT molecular complexity index is 488. The molecule has 7 heteroatoms. The lowest BCUT2D eigenvalue weighted by molar-refractivity contribution is -0.155. The van der Waals surface area contributed by atoms with Crippen LogP contribution in [0.5, 0.6) is 0 Å². The Hall–Kier alpha value is -1.34. The number of rotatable bonds is 7. The maximum absolute atomic E-state index is 12.6. The molecule has 164 valence electrons. The monoisotopic (exact) mass is 401 g/mol. The predicted molar refractivity (Wildman–Crippen MR) is 107 cm³/mol. The van der Waals surface area contributed by atoms with E-state index in [0.29, 0.717) is 19.1 Å². The summed E-state index contributed by atoms with van der Waals surface area (Å²) in [5.41, 5.74) is -0.651. The van der Waals surface area contributed by atoms with Crippen molar-refractivity contribution in [2.24, 2.45) is 11.8 Å². The first-order chi connectivity index (χ1) is 13.0. The summed E-state index contributed by atoms with van der Waals surface area (Å²) in [5.74, 6) is 0.0760. The zero-order valence-corrected chi connectivity index (χ0v) is 18.6. The van der Waals surface area contributed by atoms with Gasteiger partial charge in [-0.25, -0.2) is 9.59 Å². The molecule has 0 bridgehead atoms. The van der Waals surface area contributed by atoms with Crippen molar-refractivity contribution in [3.8, 4) is 0 Å². The summed E-state index contributed by atoms with van der Waals surface area (Å²) in [5, 5.41) is 2.56. The molecule has 0 spiro atoms. The van der Waals surface area contributed by atoms with Crippen molar-refractivity contribution in [1.82, 2.24) is 5.32 Å². The summed E-state index contributed by atoms with van der Waals surface area (Å²) in [6.45, 7) is 14.6. The molecule has 28 heavy (non-hydrogen) atoms. The summed E-state index contributed by atoms with van der Waals surface area (Å²) < 4.78 is 22.7. The van der Waals surface area contributed by atoms with Crippen LogP contribution in [0.1, 0.15) is 67.7 Å². The summed E-state index contributed by atoms with van der Waals surface area (Å²) in [4.78, 5) is 24.7. The second-order valence-electron chi connectivity index (χ2n) is 8.92.